The number of benzene rings is 1. The second-order valence-electron chi connectivity index (χ2n) is 5.11. The van der Waals surface area contributed by atoms with Gasteiger partial charge in [-0.15, -0.1) is 0 Å². The summed E-state index contributed by atoms with van der Waals surface area (Å²) in [4.78, 5) is 0. The maximum absolute atomic E-state index is 12.9. The molecule has 1 aromatic heterocycles. The van der Waals surface area contributed by atoms with Crippen molar-refractivity contribution in [2.45, 2.75) is 26.8 Å². The summed E-state index contributed by atoms with van der Waals surface area (Å²) in [6.07, 6.45) is 0.707. The van der Waals surface area contributed by atoms with Crippen LogP contribution in [0.15, 0.2) is 24.3 Å². The van der Waals surface area contributed by atoms with Crippen LogP contribution >= 0.6 is 11.6 Å². The number of aromatic nitrogens is 2. The molecule has 0 saturated heterocycles. The van der Waals surface area contributed by atoms with Gasteiger partial charge in [0.1, 0.15) is 22.6 Å². The van der Waals surface area contributed by atoms with Crippen LogP contribution in [-0.2, 0) is 13.0 Å². The molecule has 0 saturated carbocycles. The molecule has 1 aromatic carbocycles. The first-order chi connectivity index (χ1) is 9.51. The molecule has 0 bridgehead atoms. The number of nitrogens with zero attached hydrogens (tertiary/aromatic N) is 3. The molecule has 0 aliphatic heterocycles. The standard InChI is InChI=1S/C15H15ClFN3/c1-10(2)7-14-13(8-18)15(16)20(19-14)9-11-3-5-12(17)6-4-11/h3-6,10H,7,9H2,1-2H3. The number of rotatable bonds is 4. The highest BCUT2D eigenvalue weighted by atomic mass is 35.5. The van der Waals surface area contributed by atoms with Gasteiger partial charge in [-0.05, 0) is 30.0 Å². The van der Waals surface area contributed by atoms with E-state index >= 15 is 0 Å². The third-order valence-electron chi connectivity index (χ3n) is 2.92. The molecule has 0 atom stereocenters. The lowest BCUT2D eigenvalue weighted by atomic mass is 10.1. The average Bonchev–Trinajstić information content (AvgIpc) is 2.67. The van der Waals surface area contributed by atoms with Crippen molar-refractivity contribution < 1.29 is 4.39 Å². The first-order valence-electron chi connectivity index (χ1n) is 6.41. The third-order valence-corrected chi connectivity index (χ3v) is 3.31. The number of halogens is 2. The molecular formula is C15H15ClFN3. The van der Waals surface area contributed by atoms with Crippen LogP contribution in [0.1, 0.15) is 30.7 Å². The summed E-state index contributed by atoms with van der Waals surface area (Å²) in [6.45, 7) is 4.55. The second-order valence-corrected chi connectivity index (χ2v) is 5.46. The molecule has 0 N–H and O–H groups in total. The molecule has 0 aliphatic carbocycles. The van der Waals surface area contributed by atoms with Crippen molar-refractivity contribution in [3.63, 3.8) is 0 Å². The van der Waals surface area contributed by atoms with E-state index in [0.29, 0.717) is 29.6 Å². The number of hydrogen-bond acceptors (Lipinski definition) is 2. The van der Waals surface area contributed by atoms with Crippen LogP contribution in [0.3, 0.4) is 0 Å². The van der Waals surface area contributed by atoms with Gasteiger partial charge < -0.3 is 0 Å². The van der Waals surface area contributed by atoms with Crippen molar-refractivity contribution >= 4 is 11.6 Å². The Labute approximate surface area is 122 Å². The zero-order valence-corrected chi connectivity index (χ0v) is 12.2. The summed E-state index contributed by atoms with van der Waals surface area (Å²) in [6, 6.07) is 8.26. The quantitative estimate of drug-likeness (QED) is 0.860. The molecule has 3 nitrogen and oxygen atoms in total. The topological polar surface area (TPSA) is 41.6 Å². The number of hydrogen-bond donors (Lipinski definition) is 0. The van der Waals surface area contributed by atoms with Gasteiger partial charge in [0.2, 0.25) is 0 Å². The van der Waals surface area contributed by atoms with E-state index in [0.717, 1.165) is 11.3 Å². The van der Waals surface area contributed by atoms with Crippen molar-refractivity contribution in [2.75, 3.05) is 0 Å². The highest BCUT2D eigenvalue weighted by Gasteiger charge is 2.17. The summed E-state index contributed by atoms with van der Waals surface area (Å²) in [5, 5.41) is 13.9. The molecule has 104 valence electrons. The first kappa shape index (κ1) is 14.5. The Bertz CT molecular complexity index is 638. The van der Waals surface area contributed by atoms with E-state index in [1.165, 1.54) is 12.1 Å². The van der Waals surface area contributed by atoms with Crippen LogP contribution in [0, 0.1) is 23.1 Å². The van der Waals surface area contributed by atoms with Gasteiger partial charge in [0.25, 0.3) is 0 Å². The van der Waals surface area contributed by atoms with E-state index in [2.05, 4.69) is 25.0 Å². The zero-order chi connectivity index (χ0) is 14.7. The third kappa shape index (κ3) is 3.17. The monoisotopic (exact) mass is 291 g/mol. The van der Waals surface area contributed by atoms with Gasteiger partial charge in [-0.1, -0.05) is 37.6 Å². The van der Waals surface area contributed by atoms with Crippen molar-refractivity contribution in [3.05, 3.63) is 52.1 Å². The second kappa shape index (κ2) is 6.06. The maximum atomic E-state index is 12.9. The lowest BCUT2D eigenvalue weighted by Crippen LogP contribution is -2.03. The molecule has 20 heavy (non-hydrogen) atoms. The molecule has 2 aromatic rings. The van der Waals surface area contributed by atoms with Gasteiger partial charge in [-0.25, -0.2) is 9.07 Å². The number of nitriles is 1. The fraction of sp³-hybridized carbons (Fsp3) is 0.333. The summed E-state index contributed by atoms with van der Waals surface area (Å²) in [5.74, 6) is 0.117. The Morgan fingerprint density at radius 2 is 2.00 bits per heavy atom. The Hall–Kier alpha value is -1.86. The van der Waals surface area contributed by atoms with Crippen molar-refractivity contribution in [1.29, 1.82) is 5.26 Å². The van der Waals surface area contributed by atoms with E-state index in [1.807, 2.05) is 0 Å². The van der Waals surface area contributed by atoms with E-state index in [4.69, 9.17) is 11.6 Å². The van der Waals surface area contributed by atoms with E-state index in [-0.39, 0.29) is 5.82 Å². The molecule has 0 unspecified atom stereocenters. The molecule has 1 heterocycles. The average molecular weight is 292 g/mol. The van der Waals surface area contributed by atoms with Crippen LogP contribution < -0.4 is 0 Å². The highest BCUT2D eigenvalue weighted by Crippen LogP contribution is 2.22. The Morgan fingerprint density at radius 3 is 2.55 bits per heavy atom. The summed E-state index contributed by atoms with van der Waals surface area (Å²) >= 11 is 6.20. The smallest absolute Gasteiger partial charge is 0.145 e. The maximum Gasteiger partial charge on any atom is 0.145 e. The van der Waals surface area contributed by atoms with Crippen LogP contribution in [0.25, 0.3) is 0 Å². The Morgan fingerprint density at radius 1 is 1.35 bits per heavy atom. The van der Waals surface area contributed by atoms with Gasteiger partial charge in [0, 0.05) is 0 Å². The molecular weight excluding hydrogens is 277 g/mol. The molecule has 0 radical (unpaired) electrons. The zero-order valence-electron chi connectivity index (χ0n) is 11.4. The van der Waals surface area contributed by atoms with Crippen molar-refractivity contribution in [2.24, 2.45) is 5.92 Å². The lowest BCUT2D eigenvalue weighted by Gasteiger charge is -2.03. The van der Waals surface area contributed by atoms with Crippen LogP contribution in [0.4, 0.5) is 4.39 Å². The van der Waals surface area contributed by atoms with E-state index in [1.54, 1.807) is 16.8 Å². The summed E-state index contributed by atoms with van der Waals surface area (Å²) in [7, 11) is 0. The predicted octanol–water partition coefficient (Wildman–Crippen LogP) is 3.79. The van der Waals surface area contributed by atoms with Crippen LogP contribution in [0.5, 0.6) is 0 Å². The molecule has 0 aliphatic rings. The fourth-order valence-corrected chi connectivity index (χ4v) is 2.24. The van der Waals surface area contributed by atoms with Crippen LogP contribution in [0.2, 0.25) is 5.15 Å². The predicted molar refractivity (Wildman–Crippen MR) is 76.0 cm³/mol. The lowest BCUT2D eigenvalue weighted by molar-refractivity contribution is 0.605. The SMILES string of the molecule is CC(C)Cc1nn(Cc2ccc(F)cc2)c(Cl)c1C#N. The van der Waals surface area contributed by atoms with Gasteiger partial charge in [0.15, 0.2) is 0 Å². The van der Waals surface area contributed by atoms with Gasteiger partial charge in [0.05, 0.1) is 12.2 Å². The van der Waals surface area contributed by atoms with Gasteiger partial charge in [-0.2, -0.15) is 10.4 Å². The minimum absolute atomic E-state index is 0.279. The fourth-order valence-electron chi connectivity index (χ4n) is 2.00. The van der Waals surface area contributed by atoms with Gasteiger partial charge >= 0.3 is 0 Å². The Balaban J connectivity index is 2.30. The summed E-state index contributed by atoms with van der Waals surface area (Å²) < 4.78 is 14.5. The molecule has 0 amide bonds. The molecule has 5 heteroatoms. The minimum atomic E-state index is -0.279. The van der Waals surface area contributed by atoms with Crippen LogP contribution in [-0.4, -0.2) is 9.78 Å². The highest BCUT2D eigenvalue weighted by molar-refractivity contribution is 6.30. The molecule has 0 fully saturated rings. The summed E-state index contributed by atoms with van der Waals surface area (Å²) in [5.41, 5.74) is 2.04. The first-order valence-corrected chi connectivity index (χ1v) is 6.78. The molecule has 2 rings (SSSR count). The minimum Gasteiger partial charge on any atom is -0.248 e. The molecule has 0 spiro atoms. The van der Waals surface area contributed by atoms with E-state index < -0.39 is 0 Å². The normalized spacial score (nSPS) is 10.8. The van der Waals surface area contributed by atoms with Gasteiger partial charge in [-0.3, -0.25) is 0 Å². The van der Waals surface area contributed by atoms with Crippen molar-refractivity contribution in [3.8, 4) is 6.07 Å². The Kier molecular flexibility index (Phi) is 4.41. The largest absolute Gasteiger partial charge is 0.248 e. The van der Waals surface area contributed by atoms with Crippen molar-refractivity contribution in [1.82, 2.24) is 9.78 Å². The van der Waals surface area contributed by atoms with E-state index in [9.17, 15) is 9.65 Å².